The number of nitrogens with zero attached hydrogens (tertiary/aromatic N) is 1. The fraction of sp³-hybridized carbons (Fsp3) is 1.00. The molecule has 0 saturated carbocycles. The summed E-state index contributed by atoms with van der Waals surface area (Å²) in [7, 11) is 0. The summed E-state index contributed by atoms with van der Waals surface area (Å²) in [6, 6.07) is 0.456. The van der Waals surface area contributed by atoms with Crippen LogP contribution in [-0.4, -0.2) is 40.9 Å². The fourth-order valence-electron chi connectivity index (χ4n) is 2.76. The van der Waals surface area contributed by atoms with Crippen molar-refractivity contribution in [1.29, 1.82) is 0 Å². The first-order chi connectivity index (χ1) is 5.68. The molecule has 2 aliphatic heterocycles. The molecule has 0 radical (unpaired) electrons. The molecule has 2 rings (SSSR count). The van der Waals surface area contributed by atoms with E-state index in [9.17, 15) is 9.50 Å². The monoisotopic (exact) mass is 173 g/mol. The minimum atomic E-state index is -0.722. The molecule has 0 aliphatic carbocycles. The molecule has 3 heteroatoms. The molecule has 0 aromatic rings. The minimum absolute atomic E-state index is 0.123. The van der Waals surface area contributed by atoms with Crippen molar-refractivity contribution in [3.05, 3.63) is 0 Å². The maximum Gasteiger partial charge on any atom is 0.115 e. The number of aliphatic hydroxyl groups excluding tert-OH is 1. The summed E-state index contributed by atoms with van der Waals surface area (Å²) >= 11 is 0. The van der Waals surface area contributed by atoms with Crippen LogP contribution in [0.25, 0.3) is 0 Å². The van der Waals surface area contributed by atoms with Crippen molar-refractivity contribution in [2.45, 2.75) is 43.9 Å². The Morgan fingerprint density at radius 2 is 2.42 bits per heavy atom. The second-order valence-corrected chi connectivity index (χ2v) is 4.22. The van der Waals surface area contributed by atoms with Crippen LogP contribution in [0.15, 0.2) is 0 Å². The summed E-state index contributed by atoms with van der Waals surface area (Å²) in [5, 5.41) is 9.25. The lowest BCUT2D eigenvalue weighted by Gasteiger charge is -2.31. The van der Waals surface area contributed by atoms with Crippen LogP contribution in [0.5, 0.6) is 0 Å². The summed E-state index contributed by atoms with van der Waals surface area (Å²) in [4.78, 5) is 2.15. The van der Waals surface area contributed by atoms with Gasteiger partial charge in [-0.25, -0.2) is 4.39 Å². The topological polar surface area (TPSA) is 23.5 Å². The number of aliphatic hydroxyl groups is 1. The van der Waals surface area contributed by atoms with Crippen molar-refractivity contribution >= 4 is 0 Å². The van der Waals surface area contributed by atoms with Gasteiger partial charge in [-0.1, -0.05) is 0 Å². The lowest BCUT2D eigenvalue weighted by atomic mass is 9.95. The van der Waals surface area contributed by atoms with Crippen LogP contribution in [0, 0.1) is 0 Å². The molecule has 0 spiro atoms. The van der Waals surface area contributed by atoms with E-state index in [4.69, 9.17) is 0 Å². The van der Waals surface area contributed by atoms with E-state index in [1.54, 1.807) is 0 Å². The zero-order chi connectivity index (χ0) is 8.77. The van der Waals surface area contributed by atoms with Gasteiger partial charge in [0.05, 0.1) is 6.61 Å². The summed E-state index contributed by atoms with van der Waals surface area (Å²) in [5.74, 6) is 0. The SMILES string of the molecule is C[C@@H]1CC[C@@]2(CO)C[C@@H](F)CN12. The first-order valence-corrected chi connectivity index (χ1v) is 4.70. The number of hydrogen-bond donors (Lipinski definition) is 1. The number of hydrogen-bond acceptors (Lipinski definition) is 2. The first kappa shape index (κ1) is 8.45. The molecule has 2 nitrogen and oxygen atoms in total. The highest BCUT2D eigenvalue weighted by Crippen LogP contribution is 2.42. The maximum absolute atomic E-state index is 13.1. The van der Waals surface area contributed by atoms with Gasteiger partial charge < -0.3 is 5.11 Å². The van der Waals surface area contributed by atoms with Crippen LogP contribution in [0.2, 0.25) is 0 Å². The van der Waals surface area contributed by atoms with Gasteiger partial charge in [-0.05, 0) is 19.8 Å². The van der Waals surface area contributed by atoms with Crippen LogP contribution in [0.3, 0.4) is 0 Å². The second kappa shape index (κ2) is 2.67. The lowest BCUT2D eigenvalue weighted by Crippen LogP contribution is -2.44. The van der Waals surface area contributed by atoms with E-state index in [0.29, 0.717) is 19.0 Å². The summed E-state index contributed by atoms with van der Waals surface area (Å²) in [6.45, 7) is 2.77. The van der Waals surface area contributed by atoms with E-state index < -0.39 is 6.17 Å². The van der Waals surface area contributed by atoms with Gasteiger partial charge in [0.2, 0.25) is 0 Å². The molecule has 2 saturated heterocycles. The van der Waals surface area contributed by atoms with Gasteiger partial charge >= 0.3 is 0 Å². The Labute approximate surface area is 72.4 Å². The van der Waals surface area contributed by atoms with Crippen LogP contribution in [0.4, 0.5) is 4.39 Å². The highest BCUT2D eigenvalue weighted by atomic mass is 19.1. The Morgan fingerprint density at radius 1 is 1.67 bits per heavy atom. The summed E-state index contributed by atoms with van der Waals surface area (Å²) in [6.07, 6.45) is 1.88. The van der Waals surface area contributed by atoms with Crippen molar-refractivity contribution in [3.63, 3.8) is 0 Å². The van der Waals surface area contributed by atoms with Gasteiger partial charge in [-0.2, -0.15) is 0 Å². The van der Waals surface area contributed by atoms with Gasteiger partial charge in [0.25, 0.3) is 0 Å². The molecule has 3 atom stereocenters. The van der Waals surface area contributed by atoms with E-state index in [0.717, 1.165) is 12.8 Å². The Hall–Kier alpha value is -0.150. The Morgan fingerprint density at radius 3 is 3.00 bits per heavy atom. The predicted molar refractivity (Wildman–Crippen MR) is 44.7 cm³/mol. The predicted octanol–water partition coefficient (Wildman–Crippen LogP) is 0.944. The Bertz CT molecular complexity index is 187. The van der Waals surface area contributed by atoms with Crippen LogP contribution in [0.1, 0.15) is 26.2 Å². The van der Waals surface area contributed by atoms with Crippen molar-refractivity contribution in [1.82, 2.24) is 4.90 Å². The highest BCUT2D eigenvalue weighted by molar-refractivity contribution is 5.05. The molecule has 0 aromatic carbocycles. The van der Waals surface area contributed by atoms with Gasteiger partial charge in [-0.3, -0.25) is 4.90 Å². The van der Waals surface area contributed by atoms with Crippen LogP contribution in [-0.2, 0) is 0 Å². The number of fused-ring (bicyclic) bond motifs is 1. The third-order valence-electron chi connectivity index (χ3n) is 3.46. The Balaban J connectivity index is 2.19. The fourth-order valence-corrected chi connectivity index (χ4v) is 2.76. The normalized spacial score (nSPS) is 48.2. The van der Waals surface area contributed by atoms with E-state index in [2.05, 4.69) is 11.8 Å². The zero-order valence-corrected chi connectivity index (χ0v) is 7.46. The van der Waals surface area contributed by atoms with Gasteiger partial charge in [0.1, 0.15) is 6.17 Å². The van der Waals surface area contributed by atoms with E-state index in [1.165, 1.54) is 0 Å². The van der Waals surface area contributed by atoms with Crippen molar-refractivity contribution in [2.24, 2.45) is 0 Å². The molecule has 2 aliphatic rings. The quantitative estimate of drug-likeness (QED) is 0.638. The number of alkyl halides is 1. The van der Waals surface area contributed by atoms with E-state index in [-0.39, 0.29) is 12.1 Å². The minimum Gasteiger partial charge on any atom is -0.394 e. The molecule has 2 heterocycles. The lowest BCUT2D eigenvalue weighted by molar-refractivity contribution is 0.0818. The Kier molecular flexibility index (Phi) is 1.88. The standard InChI is InChI=1S/C9H16FNO/c1-7-2-3-9(6-12)4-8(10)5-11(7)9/h7-8,12H,2-6H2,1H3/t7-,8-,9+/m1/s1. The van der Waals surface area contributed by atoms with Crippen molar-refractivity contribution in [2.75, 3.05) is 13.2 Å². The third kappa shape index (κ3) is 0.995. The molecule has 0 bridgehead atoms. The van der Waals surface area contributed by atoms with Crippen molar-refractivity contribution in [3.8, 4) is 0 Å². The van der Waals surface area contributed by atoms with Gasteiger partial charge in [0.15, 0.2) is 0 Å². The molecule has 2 fully saturated rings. The van der Waals surface area contributed by atoms with Crippen LogP contribution < -0.4 is 0 Å². The molecule has 0 unspecified atom stereocenters. The highest BCUT2D eigenvalue weighted by Gasteiger charge is 2.50. The molecular formula is C9H16FNO. The molecule has 1 N–H and O–H groups in total. The van der Waals surface area contributed by atoms with Gasteiger partial charge in [-0.15, -0.1) is 0 Å². The number of halogens is 1. The van der Waals surface area contributed by atoms with Crippen molar-refractivity contribution < 1.29 is 9.50 Å². The molecule has 0 amide bonds. The molecular weight excluding hydrogens is 157 g/mol. The summed E-state index contributed by atoms with van der Waals surface area (Å²) < 4.78 is 13.1. The smallest absolute Gasteiger partial charge is 0.115 e. The average molecular weight is 173 g/mol. The first-order valence-electron chi connectivity index (χ1n) is 4.70. The van der Waals surface area contributed by atoms with Crippen LogP contribution >= 0.6 is 0 Å². The number of rotatable bonds is 1. The third-order valence-corrected chi connectivity index (χ3v) is 3.46. The molecule has 0 aromatic heterocycles. The largest absolute Gasteiger partial charge is 0.394 e. The van der Waals surface area contributed by atoms with Gasteiger partial charge in [0, 0.05) is 24.5 Å². The summed E-state index contributed by atoms with van der Waals surface area (Å²) in [5.41, 5.74) is -0.196. The zero-order valence-electron chi connectivity index (χ0n) is 7.46. The van der Waals surface area contributed by atoms with E-state index >= 15 is 0 Å². The maximum atomic E-state index is 13.1. The van der Waals surface area contributed by atoms with E-state index in [1.807, 2.05) is 0 Å². The molecule has 70 valence electrons. The average Bonchev–Trinajstić information content (AvgIpc) is 2.51. The second-order valence-electron chi connectivity index (χ2n) is 4.22. The molecule has 12 heavy (non-hydrogen) atoms.